The number of amidine groups is 1. The second-order valence-corrected chi connectivity index (χ2v) is 12.6. The van der Waals surface area contributed by atoms with Crippen molar-refractivity contribution >= 4 is 46.0 Å². The number of hydrogen-bond acceptors (Lipinski definition) is 6. The molecule has 202 valence electrons. The van der Waals surface area contributed by atoms with E-state index in [9.17, 15) is 4.79 Å². The smallest absolute Gasteiger partial charge is 0.266 e. The fourth-order valence-electron chi connectivity index (χ4n) is 6.21. The number of ether oxygens (including phenoxy) is 1. The maximum atomic E-state index is 13.2. The van der Waals surface area contributed by atoms with Crippen LogP contribution in [0.3, 0.4) is 0 Å². The van der Waals surface area contributed by atoms with Crippen LogP contribution in [0.2, 0.25) is 0 Å². The average molecular weight is 533 g/mol. The van der Waals surface area contributed by atoms with Gasteiger partial charge in [-0.15, -0.1) is 0 Å². The number of nitrogens with zero attached hydrogens (tertiary/aromatic N) is 4. The molecule has 7 heteroatoms. The van der Waals surface area contributed by atoms with Gasteiger partial charge in [0.25, 0.3) is 5.91 Å². The molecule has 0 aromatic heterocycles. The lowest BCUT2D eigenvalue weighted by molar-refractivity contribution is -0.121. The topological polar surface area (TPSA) is 48.4 Å². The number of hydrogen-bond donors (Lipinski definition) is 0. The molecule has 2 aromatic rings. The van der Waals surface area contributed by atoms with Crippen molar-refractivity contribution in [1.82, 2.24) is 4.90 Å². The van der Waals surface area contributed by atoms with E-state index in [1.807, 2.05) is 19.2 Å². The van der Waals surface area contributed by atoms with E-state index < -0.39 is 0 Å². The van der Waals surface area contributed by atoms with Gasteiger partial charge in [-0.25, -0.2) is 4.99 Å². The first kappa shape index (κ1) is 26.8. The van der Waals surface area contributed by atoms with E-state index in [-0.39, 0.29) is 11.4 Å². The molecule has 38 heavy (non-hydrogen) atoms. The maximum Gasteiger partial charge on any atom is 0.266 e. The number of fused-ring (bicyclic) bond motifs is 1. The number of amides is 1. The molecule has 0 saturated carbocycles. The van der Waals surface area contributed by atoms with Crippen LogP contribution in [-0.2, 0) is 9.53 Å². The Morgan fingerprint density at radius 2 is 1.82 bits per heavy atom. The van der Waals surface area contributed by atoms with E-state index in [0.29, 0.717) is 22.0 Å². The van der Waals surface area contributed by atoms with Gasteiger partial charge in [0.05, 0.1) is 23.8 Å². The zero-order valence-corrected chi connectivity index (χ0v) is 24.6. The number of carbonyl (C=O) groups is 1. The molecule has 3 heterocycles. The third-order valence-corrected chi connectivity index (χ3v) is 8.98. The lowest BCUT2D eigenvalue weighted by atomic mass is 9.78. The van der Waals surface area contributed by atoms with Crippen molar-refractivity contribution in [3.05, 3.63) is 58.0 Å². The molecule has 0 spiro atoms. The fraction of sp³-hybridized carbons (Fsp3) is 0.484. The standard InChI is InChI=1S/C31H40N4O2S/c1-20(2)35-27-16-21(3)23(17-26(27)22(4)19-31(35,5)6)18-28-29(36)33(7)30(38-28)32-24-8-10-25(11-9-24)34-12-14-37-15-13-34/h8-11,16-18,20,22H,12-15,19H2,1-7H3/b28-18-,32-30?/t22-/m1/s1. The summed E-state index contributed by atoms with van der Waals surface area (Å²) in [4.78, 5) is 25.3. The van der Waals surface area contributed by atoms with Crippen LogP contribution in [-0.4, -0.2) is 60.9 Å². The van der Waals surface area contributed by atoms with Gasteiger partial charge < -0.3 is 14.5 Å². The van der Waals surface area contributed by atoms with Gasteiger partial charge in [0, 0.05) is 43.1 Å². The summed E-state index contributed by atoms with van der Waals surface area (Å²) in [7, 11) is 1.81. The first-order valence-corrected chi connectivity index (χ1v) is 14.5. The predicted molar refractivity (Wildman–Crippen MR) is 161 cm³/mol. The minimum atomic E-state index is -0.00574. The SMILES string of the molecule is Cc1cc2c(cc1/C=C1\SC(=Nc3ccc(N4CCOCC4)cc3)N(C)C1=O)[C@H](C)CC(C)(C)N2C(C)C. The summed E-state index contributed by atoms with van der Waals surface area (Å²) >= 11 is 1.45. The molecule has 0 aliphatic carbocycles. The van der Waals surface area contributed by atoms with Gasteiger partial charge in [-0.05, 0) is 118 Å². The lowest BCUT2D eigenvalue weighted by Gasteiger charge is -2.50. The molecule has 2 saturated heterocycles. The van der Waals surface area contributed by atoms with Crippen LogP contribution in [0.25, 0.3) is 6.08 Å². The predicted octanol–water partition coefficient (Wildman–Crippen LogP) is 6.57. The third kappa shape index (κ3) is 5.10. The summed E-state index contributed by atoms with van der Waals surface area (Å²) in [6, 6.07) is 13.3. The summed E-state index contributed by atoms with van der Waals surface area (Å²) in [6.07, 6.45) is 3.16. The highest BCUT2D eigenvalue weighted by Crippen LogP contribution is 2.46. The Morgan fingerprint density at radius 3 is 2.47 bits per heavy atom. The quantitative estimate of drug-likeness (QED) is 0.417. The van der Waals surface area contributed by atoms with E-state index in [4.69, 9.17) is 9.73 Å². The van der Waals surface area contributed by atoms with Gasteiger partial charge >= 0.3 is 0 Å². The Kier molecular flexibility index (Phi) is 7.35. The van der Waals surface area contributed by atoms with Crippen molar-refractivity contribution in [3.63, 3.8) is 0 Å². The Labute approximate surface area is 231 Å². The molecule has 1 atom stereocenters. The lowest BCUT2D eigenvalue weighted by Crippen LogP contribution is -2.51. The molecule has 0 unspecified atom stereocenters. The number of benzene rings is 2. The minimum Gasteiger partial charge on any atom is -0.378 e. The number of aliphatic imine (C=N–C) groups is 1. The fourth-order valence-corrected chi connectivity index (χ4v) is 7.19. The molecule has 3 aliphatic heterocycles. The molecule has 5 rings (SSSR count). The van der Waals surface area contributed by atoms with E-state index >= 15 is 0 Å². The number of rotatable bonds is 4. The van der Waals surface area contributed by atoms with Crippen LogP contribution < -0.4 is 9.80 Å². The molecule has 6 nitrogen and oxygen atoms in total. The maximum absolute atomic E-state index is 13.2. The molecule has 0 N–H and O–H groups in total. The highest BCUT2D eigenvalue weighted by atomic mass is 32.2. The molecular weight excluding hydrogens is 492 g/mol. The highest BCUT2D eigenvalue weighted by molar-refractivity contribution is 8.18. The van der Waals surface area contributed by atoms with Gasteiger partial charge in [0.1, 0.15) is 0 Å². The monoisotopic (exact) mass is 532 g/mol. The van der Waals surface area contributed by atoms with Crippen LogP contribution in [0.15, 0.2) is 46.3 Å². The van der Waals surface area contributed by atoms with E-state index in [1.54, 1.807) is 4.90 Å². The average Bonchev–Trinajstić information content (AvgIpc) is 3.13. The van der Waals surface area contributed by atoms with Crippen LogP contribution in [0.4, 0.5) is 17.1 Å². The van der Waals surface area contributed by atoms with Gasteiger partial charge in [-0.2, -0.15) is 0 Å². The first-order valence-electron chi connectivity index (χ1n) is 13.7. The minimum absolute atomic E-state index is 0.00574. The summed E-state index contributed by atoms with van der Waals surface area (Å²) in [5.41, 5.74) is 7.13. The van der Waals surface area contributed by atoms with Crippen LogP contribution in [0.1, 0.15) is 63.6 Å². The third-order valence-electron chi connectivity index (χ3n) is 7.92. The molecule has 0 radical (unpaired) electrons. The molecule has 2 fully saturated rings. The zero-order chi connectivity index (χ0) is 27.2. The number of likely N-dealkylation sites (N-methyl/N-ethyl adjacent to an activating group) is 1. The Hall–Kier alpha value is -2.77. The van der Waals surface area contributed by atoms with E-state index in [2.05, 4.69) is 81.7 Å². The summed E-state index contributed by atoms with van der Waals surface area (Å²) in [5.74, 6) is 0.453. The van der Waals surface area contributed by atoms with Gasteiger partial charge in [0.15, 0.2) is 5.17 Å². The van der Waals surface area contributed by atoms with Gasteiger partial charge in [-0.3, -0.25) is 9.69 Å². The molecule has 3 aliphatic rings. The van der Waals surface area contributed by atoms with E-state index in [0.717, 1.165) is 44.0 Å². The van der Waals surface area contributed by atoms with Crippen LogP contribution in [0, 0.1) is 6.92 Å². The molecule has 0 bridgehead atoms. The number of aryl methyl sites for hydroxylation is 1. The van der Waals surface area contributed by atoms with Gasteiger partial charge in [-0.1, -0.05) is 6.92 Å². The number of carbonyl (C=O) groups excluding carboxylic acids is 1. The number of anilines is 2. The Balaban J connectivity index is 1.41. The zero-order valence-electron chi connectivity index (χ0n) is 23.7. The van der Waals surface area contributed by atoms with Crippen molar-refractivity contribution in [2.45, 2.75) is 65.5 Å². The Morgan fingerprint density at radius 1 is 1.13 bits per heavy atom. The molecular formula is C31H40N4O2S. The van der Waals surface area contributed by atoms with Crippen LogP contribution in [0.5, 0.6) is 0 Å². The molecule has 1 amide bonds. The second kappa shape index (κ2) is 10.4. The van der Waals surface area contributed by atoms with Crippen molar-refractivity contribution in [2.75, 3.05) is 43.2 Å². The summed E-state index contributed by atoms with van der Waals surface area (Å²) < 4.78 is 5.46. The summed E-state index contributed by atoms with van der Waals surface area (Å²) in [6.45, 7) is 17.0. The van der Waals surface area contributed by atoms with Crippen molar-refractivity contribution in [3.8, 4) is 0 Å². The van der Waals surface area contributed by atoms with Gasteiger partial charge in [0.2, 0.25) is 0 Å². The number of thioether (sulfide) groups is 1. The van der Waals surface area contributed by atoms with Crippen molar-refractivity contribution in [1.29, 1.82) is 0 Å². The second-order valence-electron chi connectivity index (χ2n) is 11.6. The Bertz CT molecular complexity index is 1280. The van der Waals surface area contributed by atoms with Crippen LogP contribution >= 0.6 is 11.8 Å². The highest BCUT2D eigenvalue weighted by Gasteiger charge is 2.38. The summed E-state index contributed by atoms with van der Waals surface area (Å²) in [5, 5.41) is 0.706. The van der Waals surface area contributed by atoms with Crippen molar-refractivity contribution in [2.24, 2.45) is 4.99 Å². The normalized spacial score (nSPS) is 23.6. The largest absolute Gasteiger partial charge is 0.378 e. The van der Waals surface area contributed by atoms with E-state index in [1.165, 1.54) is 34.3 Å². The molecule has 2 aromatic carbocycles. The first-order chi connectivity index (χ1) is 18.0. The van der Waals surface area contributed by atoms with Crippen molar-refractivity contribution < 1.29 is 9.53 Å². The number of morpholine rings is 1.